The number of carbonyl (C=O) groups is 2. The van der Waals surface area contributed by atoms with Gasteiger partial charge < -0.3 is 33.3 Å². The molecule has 0 aromatic heterocycles. The summed E-state index contributed by atoms with van der Waals surface area (Å²) < 4.78 is 31.5. The van der Waals surface area contributed by atoms with Crippen molar-refractivity contribution in [3.05, 3.63) is 47.5 Å². The Morgan fingerprint density at radius 1 is 0.706 bits per heavy atom. The van der Waals surface area contributed by atoms with Gasteiger partial charge in [0.2, 0.25) is 0 Å². The summed E-state index contributed by atoms with van der Waals surface area (Å²) in [5, 5.41) is 15.4. The van der Waals surface area contributed by atoms with Gasteiger partial charge in [-0.25, -0.2) is 4.79 Å². The maximum Gasteiger partial charge on any atom is 0.325 e. The lowest BCUT2D eigenvalue weighted by atomic mass is 9.86. The first-order valence-electron chi connectivity index (χ1n) is 17.3. The molecule has 3 fully saturated rings. The van der Waals surface area contributed by atoms with Crippen molar-refractivity contribution in [2.75, 3.05) is 95.1 Å². The number of nitrogens with zero attached hydrogens (tertiary/aromatic N) is 4. The lowest BCUT2D eigenvalue weighted by Crippen LogP contribution is -2.57. The predicted molar refractivity (Wildman–Crippen MR) is 191 cm³/mol. The molecule has 0 aliphatic carbocycles. The molecule has 14 nitrogen and oxygen atoms in total. The Labute approximate surface area is 301 Å². The summed E-state index contributed by atoms with van der Waals surface area (Å²) in [5.74, 6) is 2.92. The summed E-state index contributed by atoms with van der Waals surface area (Å²) in [6, 6.07) is 13.9. The van der Waals surface area contributed by atoms with Gasteiger partial charge in [-0.2, -0.15) is 5.26 Å². The summed E-state index contributed by atoms with van der Waals surface area (Å²) >= 11 is 0. The van der Waals surface area contributed by atoms with Gasteiger partial charge in [0.1, 0.15) is 34.1 Å². The highest BCUT2D eigenvalue weighted by Gasteiger charge is 2.53. The van der Waals surface area contributed by atoms with Gasteiger partial charge in [0.15, 0.2) is 0 Å². The number of imide groups is 1. The number of likely N-dealkylation sites (tertiary alicyclic amines) is 2. The molecule has 0 unspecified atom stereocenters. The van der Waals surface area contributed by atoms with Gasteiger partial charge in [-0.3, -0.25) is 25.2 Å². The Balaban J connectivity index is 0.000000230. The second-order valence-electron chi connectivity index (χ2n) is 13.0. The number of rotatable bonds is 15. The second-order valence-corrected chi connectivity index (χ2v) is 13.0. The van der Waals surface area contributed by atoms with Crippen molar-refractivity contribution < 1.29 is 38.0 Å². The summed E-state index contributed by atoms with van der Waals surface area (Å²) in [6.45, 7) is 6.93. The van der Waals surface area contributed by atoms with E-state index in [0.29, 0.717) is 39.1 Å². The Bertz CT molecular complexity index is 1440. The highest BCUT2D eigenvalue weighted by molar-refractivity contribution is 6.07. The van der Waals surface area contributed by atoms with Crippen LogP contribution in [0, 0.1) is 11.3 Å². The van der Waals surface area contributed by atoms with E-state index in [-0.39, 0.29) is 11.9 Å². The molecule has 5 rings (SSSR count). The first kappa shape index (κ1) is 39.7. The van der Waals surface area contributed by atoms with Crippen LogP contribution in [0.1, 0.15) is 36.8 Å². The third-order valence-corrected chi connectivity index (χ3v) is 9.94. The number of piperidine rings is 2. The molecular formula is C37H54N6O8. The van der Waals surface area contributed by atoms with Crippen LogP contribution in [0.4, 0.5) is 4.79 Å². The van der Waals surface area contributed by atoms with Crippen LogP contribution < -0.4 is 29.6 Å². The van der Waals surface area contributed by atoms with Crippen LogP contribution in [0.3, 0.4) is 0 Å². The lowest BCUT2D eigenvalue weighted by molar-refractivity contribution is -0.129. The topological polar surface area (TPSA) is 147 Å². The molecule has 2 aromatic rings. The van der Waals surface area contributed by atoms with Crippen LogP contribution in [-0.2, 0) is 27.4 Å². The minimum atomic E-state index is -0.752. The van der Waals surface area contributed by atoms with E-state index in [1.54, 1.807) is 47.6 Å². The lowest BCUT2D eigenvalue weighted by Gasteiger charge is -2.42. The van der Waals surface area contributed by atoms with Crippen molar-refractivity contribution in [2.24, 2.45) is 0 Å². The molecule has 2 N–H and O–H groups in total. The molecule has 14 heteroatoms. The van der Waals surface area contributed by atoms with Crippen LogP contribution >= 0.6 is 0 Å². The summed E-state index contributed by atoms with van der Waals surface area (Å²) in [4.78, 5) is 31.0. The van der Waals surface area contributed by atoms with Crippen LogP contribution in [0.5, 0.6) is 23.0 Å². The average Bonchev–Trinajstić information content (AvgIpc) is 3.38. The molecule has 51 heavy (non-hydrogen) atoms. The number of hydrogen-bond acceptors (Lipinski definition) is 12. The maximum absolute atomic E-state index is 12.5. The van der Waals surface area contributed by atoms with Crippen molar-refractivity contribution in [1.29, 1.82) is 5.26 Å². The van der Waals surface area contributed by atoms with E-state index in [0.717, 1.165) is 86.2 Å². The molecule has 0 saturated carbocycles. The number of carbonyl (C=O) groups excluding carboxylic acids is 2. The highest BCUT2D eigenvalue weighted by atomic mass is 16.5. The Hall–Kier alpha value is -4.13. The van der Waals surface area contributed by atoms with E-state index >= 15 is 0 Å². The SMILES string of the molecule is COCCN1C(=O)NC(=O)C12CCN(Cc1cc(OC)cc(OC)c1)CC2.COCCNC1(C#N)CCN(Cc2cc(OC)cc(OC)c2)CC1. The Morgan fingerprint density at radius 3 is 1.57 bits per heavy atom. The summed E-state index contributed by atoms with van der Waals surface area (Å²) in [6.07, 6.45) is 2.84. The monoisotopic (exact) mass is 710 g/mol. The third-order valence-electron chi connectivity index (χ3n) is 9.94. The first-order valence-corrected chi connectivity index (χ1v) is 17.3. The van der Waals surface area contributed by atoms with Crippen LogP contribution in [0.25, 0.3) is 0 Å². The quantitative estimate of drug-likeness (QED) is 0.207. The van der Waals surface area contributed by atoms with E-state index < -0.39 is 11.1 Å². The van der Waals surface area contributed by atoms with Gasteiger partial charge in [-0.15, -0.1) is 0 Å². The standard InChI is InChI=1S/C19H27N3O5.C18H27N3O3/c1-25-9-8-22-18(24)20-17(23)19(22)4-6-21(7-5-19)13-14-10-15(26-2)12-16(11-14)27-3;1-22-9-6-20-18(14-19)4-7-21(8-5-18)13-15-10-16(23-2)12-17(11-15)24-3/h10-12H,4-9,13H2,1-3H3,(H,20,23,24);10-12,20H,4-9,13H2,1-3H3. The minimum Gasteiger partial charge on any atom is -0.497 e. The molecule has 0 atom stereocenters. The second kappa shape index (κ2) is 18.9. The van der Waals surface area contributed by atoms with Gasteiger partial charge >= 0.3 is 6.03 Å². The zero-order valence-electron chi connectivity index (χ0n) is 30.9. The number of hydrogen-bond donors (Lipinski definition) is 2. The van der Waals surface area contributed by atoms with E-state index in [1.807, 2.05) is 36.4 Å². The molecule has 3 aliphatic rings. The van der Waals surface area contributed by atoms with Gasteiger partial charge in [0.25, 0.3) is 5.91 Å². The number of nitrogens with one attached hydrogen (secondary N) is 2. The minimum absolute atomic E-state index is 0.189. The molecule has 1 spiro atoms. The molecule has 280 valence electrons. The zero-order chi connectivity index (χ0) is 36.9. The fraction of sp³-hybridized carbons (Fsp3) is 0.595. The van der Waals surface area contributed by atoms with Crippen LogP contribution in [0.15, 0.2) is 36.4 Å². The zero-order valence-corrected chi connectivity index (χ0v) is 30.9. The number of urea groups is 1. The molecule has 3 heterocycles. The van der Waals surface area contributed by atoms with E-state index in [1.165, 1.54) is 0 Å². The van der Waals surface area contributed by atoms with E-state index in [4.69, 9.17) is 28.4 Å². The maximum atomic E-state index is 12.5. The molecule has 2 aromatic carbocycles. The smallest absolute Gasteiger partial charge is 0.325 e. The molecule has 3 saturated heterocycles. The number of amides is 3. The Kier molecular flexibility index (Phi) is 14.7. The summed E-state index contributed by atoms with van der Waals surface area (Å²) in [5.41, 5.74) is 1.06. The van der Waals surface area contributed by atoms with E-state index in [9.17, 15) is 14.9 Å². The Morgan fingerprint density at radius 2 is 1.16 bits per heavy atom. The number of nitriles is 1. The highest BCUT2D eigenvalue weighted by Crippen LogP contribution is 2.34. The number of benzene rings is 2. The van der Waals surface area contributed by atoms with E-state index in [2.05, 4.69) is 26.5 Å². The summed E-state index contributed by atoms with van der Waals surface area (Å²) in [7, 11) is 9.85. The fourth-order valence-corrected chi connectivity index (χ4v) is 6.92. The van der Waals surface area contributed by atoms with Crippen molar-refractivity contribution in [2.45, 2.75) is 49.9 Å². The van der Waals surface area contributed by atoms with Crippen molar-refractivity contribution >= 4 is 11.9 Å². The average molecular weight is 711 g/mol. The third kappa shape index (κ3) is 10.2. The number of ether oxygens (including phenoxy) is 6. The van der Waals surface area contributed by atoms with Crippen LogP contribution in [0.2, 0.25) is 0 Å². The molecule has 3 aliphatic heterocycles. The first-order chi connectivity index (χ1) is 24.7. The fourth-order valence-electron chi connectivity index (χ4n) is 6.92. The number of methoxy groups -OCH3 is 6. The largest absolute Gasteiger partial charge is 0.497 e. The normalized spacial score (nSPS) is 18.4. The van der Waals surface area contributed by atoms with Crippen molar-refractivity contribution in [3.8, 4) is 29.1 Å². The van der Waals surface area contributed by atoms with Gasteiger partial charge in [-0.05, 0) is 61.1 Å². The molecule has 0 bridgehead atoms. The van der Waals surface area contributed by atoms with Gasteiger partial charge in [0.05, 0.1) is 47.7 Å². The molecule has 0 radical (unpaired) electrons. The van der Waals surface area contributed by atoms with Crippen molar-refractivity contribution in [1.82, 2.24) is 25.3 Å². The van der Waals surface area contributed by atoms with Gasteiger partial charge in [-0.1, -0.05) is 0 Å². The molecule has 3 amide bonds. The predicted octanol–water partition coefficient (Wildman–Crippen LogP) is 3.03. The van der Waals surface area contributed by atoms with Gasteiger partial charge in [0, 0.05) is 78.7 Å². The molecular weight excluding hydrogens is 656 g/mol. The van der Waals surface area contributed by atoms with Crippen LogP contribution in [-0.4, -0.2) is 133 Å². The van der Waals surface area contributed by atoms with Crippen molar-refractivity contribution in [3.63, 3.8) is 0 Å².